The van der Waals surface area contributed by atoms with E-state index in [4.69, 9.17) is 4.74 Å². The highest BCUT2D eigenvalue weighted by Gasteiger charge is 2.20. The molecule has 0 saturated carbocycles. The Hall–Kier alpha value is -2.29. The average Bonchev–Trinajstić information content (AvgIpc) is 2.87. The summed E-state index contributed by atoms with van der Waals surface area (Å²) >= 11 is 0. The minimum atomic E-state index is 0. The van der Waals surface area contributed by atoms with Gasteiger partial charge < -0.3 is 9.64 Å². The zero-order valence-corrected chi connectivity index (χ0v) is 20.4. The minimum absolute atomic E-state index is 0. The fourth-order valence-corrected chi connectivity index (χ4v) is 5.27. The number of halogens is 1. The molecule has 0 atom stereocenters. The first-order valence-electron chi connectivity index (χ1n) is 12.4. The number of ether oxygens (including phenoxy) is 1. The minimum Gasteiger partial charge on any atom is -0.489 e. The molecule has 0 N–H and O–H groups in total. The lowest BCUT2D eigenvalue weighted by Crippen LogP contribution is -2.34. The second-order valence-electron chi connectivity index (χ2n) is 9.52. The van der Waals surface area contributed by atoms with E-state index in [9.17, 15) is 0 Å². The van der Waals surface area contributed by atoms with Crippen LogP contribution in [0.2, 0.25) is 0 Å². The lowest BCUT2D eigenvalue weighted by Gasteiger charge is -2.32. The molecule has 2 aliphatic rings. The summed E-state index contributed by atoms with van der Waals surface area (Å²) in [5, 5.41) is 0. The fourth-order valence-electron chi connectivity index (χ4n) is 5.27. The van der Waals surface area contributed by atoms with E-state index < -0.39 is 0 Å². The molecule has 3 heteroatoms. The number of rotatable bonds is 7. The van der Waals surface area contributed by atoms with Crippen molar-refractivity contribution in [1.29, 1.82) is 0 Å². The van der Waals surface area contributed by atoms with Gasteiger partial charge in [-0.3, -0.25) is 0 Å². The normalized spacial score (nSPS) is 16.6. The second-order valence-corrected chi connectivity index (χ2v) is 9.52. The highest BCUT2D eigenvalue weighted by Crippen LogP contribution is 2.28. The maximum Gasteiger partial charge on any atom is 0.120 e. The molecule has 1 aliphatic heterocycles. The smallest absolute Gasteiger partial charge is 0.120 e. The van der Waals surface area contributed by atoms with Crippen molar-refractivity contribution in [2.24, 2.45) is 0 Å². The van der Waals surface area contributed by atoms with Crippen molar-refractivity contribution in [3.05, 3.63) is 101 Å². The SMILES string of the molecule is Cl.c1ccc(C2CCN(CCc3ccc(COc4ccc5c(c4)CCCC5)cc3)CC2)cc1. The lowest BCUT2D eigenvalue weighted by molar-refractivity contribution is 0.214. The Morgan fingerprint density at radius 2 is 1.45 bits per heavy atom. The molecule has 0 spiro atoms. The molecule has 33 heavy (non-hydrogen) atoms. The highest BCUT2D eigenvalue weighted by molar-refractivity contribution is 5.85. The second kappa shape index (κ2) is 11.7. The van der Waals surface area contributed by atoms with Gasteiger partial charge >= 0.3 is 0 Å². The number of benzene rings is 3. The van der Waals surface area contributed by atoms with Crippen LogP contribution in [0.15, 0.2) is 72.8 Å². The molecule has 174 valence electrons. The first kappa shape index (κ1) is 23.9. The summed E-state index contributed by atoms with van der Waals surface area (Å²) in [6, 6.07) is 26.7. The molecule has 5 rings (SSSR count). The number of nitrogens with zero attached hydrogens (tertiary/aromatic N) is 1. The van der Waals surface area contributed by atoms with Crippen LogP contribution < -0.4 is 4.74 Å². The number of hydrogen-bond donors (Lipinski definition) is 0. The number of fused-ring (bicyclic) bond motifs is 1. The Morgan fingerprint density at radius 1 is 0.758 bits per heavy atom. The van der Waals surface area contributed by atoms with E-state index in [1.54, 1.807) is 0 Å². The van der Waals surface area contributed by atoms with E-state index in [0.717, 1.165) is 24.6 Å². The molecule has 1 fully saturated rings. The maximum absolute atomic E-state index is 6.09. The summed E-state index contributed by atoms with van der Waals surface area (Å²) in [5.74, 6) is 1.75. The van der Waals surface area contributed by atoms with E-state index >= 15 is 0 Å². The maximum atomic E-state index is 6.09. The predicted octanol–water partition coefficient (Wildman–Crippen LogP) is 6.99. The molecular formula is C30H36ClNO. The van der Waals surface area contributed by atoms with Gasteiger partial charge in [-0.25, -0.2) is 0 Å². The summed E-state index contributed by atoms with van der Waals surface area (Å²) in [5.41, 5.74) is 7.18. The molecule has 0 bridgehead atoms. The molecule has 0 aromatic heterocycles. The Bertz CT molecular complexity index is 994. The van der Waals surface area contributed by atoms with Crippen molar-refractivity contribution >= 4 is 12.4 Å². The molecule has 1 saturated heterocycles. The van der Waals surface area contributed by atoms with Crippen molar-refractivity contribution in [3.63, 3.8) is 0 Å². The van der Waals surface area contributed by atoms with Crippen molar-refractivity contribution in [2.75, 3.05) is 19.6 Å². The van der Waals surface area contributed by atoms with Crippen molar-refractivity contribution in [1.82, 2.24) is 4.90 Å². The fraction of sp³-hybridized carbons (Fsp3) is 0.400. The average molecular weight is 462 g/mol. The summed E-state index contributed by atoms with van der Waals surface area (Å²) in [6.07, 6.45) is 8.75. The Kier molecular flexibility index (Phi) is 8.47. The third kappa shape index (κ3) is 6.40. The Morgan fingerprint density at radius 3 is 2.21 bits per heavy atom. The number of likely N-dealkylation sites (tertiary alicyclic amines) is 1. The summed E-state index contributed by atoms with van der Waals surface area (Å²) in [7, 11) is 0. The summed E-state index contributed by atoms with van der Waals surface area (Å²) < 4.78 is 6.09. The highest BCUT2D eigenvalue weighted by atomic mass is 35.5. The third-order valence-electron chi connectivity index (χ3n) is 7.32. The van der Waals surface area contributed by atoms with Gasteiger partial charge in [0.2, 0.25) is 0 Å². The van der Waals surface area contributed by atoms with E-state index in [1.807, 2.05) is 0 Å². The van der Waals surface area contributed by atoms with Gasteiger partial charge in [-0.15, -0.1) is 12.4 Å². The number of hydrogen-bond acceptors (Lipinski definition) is 2. The van der Waals surface area contributed by atoms with Gasteiger partial charge in [-0.05, 0) is 104 Å². The molecule has 3 aromatic carbocycles. The van der Waals surface area contributed by atoms with Gasteiger partial charge in [0.15, 0.2) is 0 Å². The van der Waals surface area contributed by atoms with Crippen LogP contribution in [-0.2, 0) is 25.9 Å². The van der Waals surface area contributed by atoms with Gasteiger partial charge in [0.1, 0.15) is 12.4 Å². The monoisotopic (exact) mass is 461 g/mol. The Labute approximate surface area is 205 Å². The number of aryl methyl sites for hydroxylation is 2. The molecule has 1 heterocycles. The van der Waals surface area contributed by atoms with E-state index in [2.05, 4.69) is 77.7 Å². The lowest BCUT2D eigenvalue weighted by atomic mass is 9.89. The van der Waals surface area contributed by atoms with Crippen molar-refractivity contribution in [3.8, 4) is 5.75 Å². The van der Waals surface area contributed by atoms with E-state index in [-0.39, 0.29) is 12.4 Å². The van der Waals surface area contributed by atoms with Crippen LogP contribution in [0.1, 0.15) is 59.4 Å². The van der Waals surface area contributed by atoms with Crippen LogP contribution >= 0.6 is 12.4 Å². The molecule has 1 aliphatic carbocycles. The van der Waals surface area contributed by atoms with Gasteiger partial charge in [0.25, 0.3) is 0 Å². The molecule has 0 amide bonds. The van der Waals surface area contributed by atoms with Crippen LogP contribution in [-0.4, -0.2) is 24.5 Å². The van der Waals surface area contributed by atoms with Crippen LogP contribution in [0.3, 0.4) is 0 Å². The zero-order chi connectivity index (χ0) is 21.6. The first-order chi connectivity index (χ1) is 15.8. The van der Waals surface area contributed by atoms with Gasteiger partial charge in [-0.2, -0.15) is 0 Å². The van der Waals surface area contributed by atoms with Crippen LogP contribution in [0.5, 0.6) is 5.75 Å². The van der Waals surface area contributed by atoms with Crippen molar-refractivity contribution < 1.29 is 4.74 Å². The third-order valence-corrected chi connectivity index (χ3v) is 7.32. The molecule has 2 nitrogen and oxygen atoms in total. The van der Waals surface area contributed by atoms with E-state index in [0.29, 0.717) is 6.61 Å². The Balaban J connectivity index is 0.00000259. The van der Waals surface area contributed by atoms with Gasteiger partial charge in [0.05, 0.1) is 0 Å². The molecule has 0 unspecified atom stereocenters. The van der Waals surface area contributed by atoms with Crippen LogP contribution in [0.4, 0.5) is 0 Å². The topological polar surface area (TPSA) is 12.5 Å². The standard InChI is InChI=1S/C30H35NO.ClH/c1-2-6-26(7-3-1)28-17-20-31(21-18-28)19-16-24-10-12-25(13-11-24)23-32-30-15-14-27-8-4-5-9-29(27)22-30;/h1-3,6-7,10-15,22,28H,4-5,8-9,16-21,23H2;1H. The van der Waals surface area contributed by atoms with Gasteiger partial charge in [-0.1, -0.05) is 60.7 Å². The summed E-state index contributed by atoms with van der Waals surface area (Å²) in [6.45, 7) is 4.23. The molecule has 0 radical (unpaired) electrons. The first-order valence-corrected chi connectivity index (χ1v) is 12.4. The number of piperidine rings is 1. The van der Waals surface area contributed by atoms with Crippen molar-refractivity contribution in [2.45, 2.75) is 57.5 Å². The molecular weight excluding hydrogens is 426 g/mol. The summed E-state index contributed by atoms with van der Waals surface area (Å²) in [4.78, 5) is 2.63. The zero-order valence-electron chi connectivity index (χ0n) is 19.5. The quantitative estimate of drug-likeness (QED) is 0.376. The molecule has 3 aromatic rings. The largest absolute Gasteiger partial charge is 0.489 e. The van der Waals surface area contributed by atoms with Gasteiger partial charge in [0, 0.05) is 6.54 Å². The van der Waals surface area contributed by atoms with Crippen LogP contribution in [0, 0.1) is 0 Å². The van der Waals surface area contributed by atoms with E-state index in [1.165, 1.54) is 79.4 Å². The van der Waals surface area contributed by atoms with Crippen LogP contribution in [0.25, 0.3) is 0 Å². The predicted molar refractivity (Wildman–Crippen MR) is 140 cm³/mol.